The highest BCUT2D eigenvalue weighted by molar-refractivity contribution is 6.04. The number of hydrogen-bond acceptors (Lipinski definition) is 5. The number of nitrogens with zero attached hydrogens (tertiary/aromatic N) is 4. The van der Waals surface area contributed by atoms with Gasteiger partial charge in [0.05, 0.1) is 17.3 Å². The first-order chi connectivity index (χ1) is 15.2. The van der Waals surface area contributed by atoms with E-state index >= 15 is 0 Å². The molecule has 5 rings (SSSR count). The number of nitrogens with one attached hydrogen (secondary N) is 2. The summed E-state index contributed by atoms with van der Waals surface area (Å²) in [6.45, 7) is 0. The summed E-state index contributed by atoms with van der Waals surface area (Å²) in [5.74, 6) is -0.170. The van der Waals surface area contributed by atoms with Crippen molar-refractivity contribution in [2.45, 2.75) is 37.8 Å². The van der Waals surface area contributed by atoms with Crippen LogP contribution in [0.4, 0.5) is 0 Å². The van der Waals surface area contributed by atoms with Gasteiger partial charge >= 0.3 is 0 Å². The molecule has 1 aliphatic rings. The largest absolute Gasteiger partial charge is 0.348 e. The summed E-state index contributed by atoms with van der Waals surface area (Å²) in [5.41, 5.74) is 2.84. The monoisotopic (exact) mass is 414 g/mol. The van der Waals surface area contributed by atoms with Crippen molar-refractivity contribution < 1.29 is 4.79 Å². The second-order valence-corrected chi connectivity index (χ2v) is 7.83. The summed E-state index contributed by atoms with van der Waals surface area (Å²) in [4.78, 5) is 29.2. The van der Waals surface area contributed by atoms with Crippen molar-refractivity contribution in [3.8, 4) is 11.3 Å². The fraction of sp³-hybridized carbons (Fsp3) is 0.261. The van der Waals surface area contributed by atoms with Crippen molar-refractivity contribution in [2.24, 2.45) is 0 Å². The minimum Gasteiger partial charge on any atom is -0.348 e. The molecule has 31 heavy (non-hydrogen) atoms. The first kappa shape index (κ1) is 19.2. The van der Waals surface area contributed by atoms with Gasteiger partial charge in [0.25, 0.3) is 11.5 Å². The Kier molecular flexibility index (Phi) is 5.03. The quantitative estimate of drug-likeness (QED) is 0.534. The maximum atomic E-state index is 12.7. The number of fused-ring (bicyclic) bond motifs is 1. The summed E-state index contributed by atoms with van der Waals surface area (Å²) in [7, 11) is 0. The number of hydrogen-bond donors (Lipinski definition) is 2. The molecule has 0 unspecified atom stereocenters. The van der Waals surface area contributed by atoms with Gasteiger partial charge in [0.2, 0.25) is 0 Å². The smallest absolute Gasteiger partial charge is 0.272 e. The molecule has 1 amide bonds. The van der Waals surface area contributed by atoms with E-state index in [4.69, 9.17) is 0 Å². The number of carbonyl (C=O) groups excluding carboxylic acids is 1. The standard InChI is InChI=1S/C23H22N6O2/c30-21-10-9-19(15-11-13-24-14-12-15)28-29(21)17-7-5-16(6-8-17)25-23(31)22-18-3-1-2-4-20(18)26-27-22/h1-4,9-14,16-17H,5-8H2,(H,25,31)(H,26,27). The Morgan fingerprint density at radius 3 is 2.58 bits per heavy atom. The van der Waals surface area contributed by atoms with E-state index in [9.17, 15) is 9.59 Å². The fourth-order valence-electron chi connectivity index (χ4n) is 4.22. The molecular formula is C23H22N6O2. The molecule has 1 aromatic carbocycles. The highest BCUT2D eigenvalue weighted by Crippen LogP contribution is 2.28. The van der Waals surface area contributed by atoms with E-state index in [1.165, 1.54) is 0 Å². The number of aromatic amines is 1. The molecule has 2 N–H and O–H groups in total. The Hall–Kier alpha value is -3.81. The van der Waals surface area contributed by atoms with Gasteiger partial charge in [-0.1, -0.05) is 18.2 Å². The van der Waals surface area contributed by atoms with Gasteiger partial charge in [-0.25, -0.2) is 4.68 Å². The molecule has 3 aromatic heterocycles. The molecule has 0 spiro atoms. The lowest BCUT2D eigenvalue weighted by Crippen LogP contribution is -2.39. The van der Waals surface area contributed by atoms with Crippen LogP contribution in [-0.2, 0) is 0 Å². The lowest BCUT2D eigenvalue weighted by molar-refractivity contribution is 0.0918. The topological polar surface area (TPSA) is 106 Å². The molecule has 8 nitrogen and oxygen atoms in total. The van der Waals surface area contributed by atoms with Crippen LogP contribution in [0.2, 0.25) is 0 Å². The van der Waals surface area contributed by atoms with E-state index in [0.29, 0.717) is 5.69 Å². The van der Waals surface area contributed by atoms with Crippen LogP contribution in [0.3, 0.4) is 0 Å². The first-order valence-electron chi connectivity index (χ1n) is 10.4. The SMILES string of the molecule is O=C(NC1CCC(n2nc(-c3ccncc3)ccc2=O)CC1)c1n[nH]c2ccccc12. The molecule has 4 aromatic rings. The molecule has 0 radical (unpaired) electrons. The number of aromatic nitrogens is 5. The van der Waals surface area contributed by atoms with Crippen LogP contribution < -0.4 is 10.9 Å². The Balaban J connectivity index is 1.26. The van der Waals surface area contributed by atoms with E-state index in [1.807, 2.05) is 36.4 Å². The molecule has 0 saturated heterocycles. The molecule has 156 valence electrons. The third-order valence-corrected chi connectivity index (χ3v) is 5.86. The van der Waals surface area contributed by atoms with Gasteiger partial charge < -0.3 is 5.32 Å². The Morgan fingerprint density at radius 1 is 1.00 bits per heavy atom. The number of para-hydroxylation sites is 1. The van der Waals surface area contributed by atoms with Crippen molar-refractivity contribution in [3.63, 3.8) is 0 Å². The van der Waals surface area contributed by atoms with Crippen LogP contribution >= 0.6 is 0 Å². The Morgan fingerprint density at radius 2 is 1.77 bits per heavy atom. The van der Waals surface area contributed by atoms with Gasteiger partial charge in [0, 0.05) is 35.5 Å². The van der Waals surface area contributed by atoms with Crippen LogP contribution in [0.15, 0.2) is 65.7 Å². The van der Waals surface area contributed by atoms with Crippen molar-refractivity contribution in [1.82, 2.24) is 30.3 Å². The van der Waals surface area contributed by atoms with Crippen molar-refractivity contribution in [1.29, 1.82) is 0 Å². The van der Waals surface area contributed by atoms with Gasteiger partial charge in [0.15, 0.2) is 5.69 Å². The van der Waals surface area contributed by atoms with E-state index in [0.717, 1.165) is 47.8 Å². The maximum absolute atomic E-state index is 12.7. The van der Waals surface area contributed by atoms with Crippen LogP contribution in [0.5, 0.6) is 0 Å². The highest BCUT2D eigenvalue weighted by Gasteiger charge is 2.26. The Bertz CT molecular complexity index is 1270. The van der Waals surface area contributed by atoms with Crippen molar-refractivity contribution >= 4 is 16.8 Å². The zero-order valence-electron chi connectivity index (χ0n) is 16.9. The number of amides is 1. The summed E-state index contributed by atoms with van der Waals surface area (Å²) < 4.78 is 1.59. The molecular weight excluding hydrogens is 392 g/mol. The summed E-state index contributed by atoms with van der Waals surface area (Å²) >= 11 is 0. The van der Waals surface area contributed by atoms with Crippen molar-refractivity contribution in [3.05, 3.63) is 77.0 Å². The molecule has 1 aliphatic carbocycles. The van der Waals surface area contributed by atoms with Gasteiger partial charge in [-0.05, 0) is 49.9 Å². The molecule has 1 saturated carbocycles. The lowest BCUT2D eigenvalue weighted by atomic mass is 9.91. The summed E-state index contributed by atoms with van der Waals surface area (Å²) in [6, 6.07) is 14.7. The lowest BCUT2D eigenvalue weighted by Gasteiger charge is -2.29. The summed E-state index contributed by atoms with van der Waals surface area (Å²) in [5, 5.41) is 15.6. The number of rotatable bonds is 4. The van der Waals surface area contributed by atoms with Gasteiger partial charge in [-0.2, -0.15) is 10.2 Å². The first-order valence-corrected chi connectivity index (χ1v) is 10.4. The van der Waals surface area contributed by atoms with Gasteiger partial charge in [0.1, 0.15) is 0 Å². The number of benzene rings is 1. The van der Waals surface area contributed by atoms with Crippen LogP contribution in [0, 0.1) is 0 Å². The minimum absolute atomic E-state index is 0.0219. The van der Waals surface area contributed by atoms with E-state index in [-0.39, 0.29) is 23.6 Å². The second-order valence-electron chi connectivity index (χ2n) is 7.83. The number of H-pyrrole nitrogens is 1. The van der Waals surface area contributed by atoms with E-state index in [2.05, 4.69) is 25.6 Å². The Labute approximate surface area is 178 Å². The summed E-state index contributed by atoms with van der Waals surface area (Å²) in [6.07, 6.45) is 6.54. The zero-order valence-corrected chi connectivity index (χ0v) is 16.9. The molecule has 8 heteroatoms. The molecule has 0 aliphatic heterocycles. The van der Waals surface area contributed by atoms with Crippen LogP contribution in [0.1, 0.15) is 42.2 Å². The molecule has 1 fully saturated rings. The number of pyridine rings is 1. The predicted molar refractivity (Wildman–Crippen MR) is 117 cm³/mol. The number of carbonyl (C=O) groups is 1. The maximum Gasteiger partial charge on any atom is 0.272 e. The van der Waals surface area contributed by atoms with Crippen molar-refractivity contribution in [2.75, 3.05) is 0 Å². The predicted octanol–water partition coefficient (Wildman–Crippen LogP) is 3.10. The van der Waals surface area contributed by atoms with E-state index in [1.54, 1.807) is 29.2 Å². The third-order valence-electron chi connectivity index (χ3n) is 5.86. The van der Waals surface area contributed by atoms with E-state index < -0.39 is 0 Å². The minimum atomic E-state index is -0.170. The second kappa shape index (κ2) is 8.14. The van der Waals surface area contributed by atoms with Gasteiger partial charge in [-0.3, -0.25) is 19.7 Å². The molecule has 3 heterocycles. The zero-order chi connectivity index (χ0) is 21.2. The van der Waals surface area contributed by atoms with Gasteiger partial charge in [-0.15, -0.1) is 0 Å². The molecule has 0 atom stereocenters. The fourth-order valence-corrected chi connectivity index (χ4v) is 4.22. The average molecular weight is 414 g/mol. The third kappa shape index (κ3) is 3.84. The van der Waals surface area contributed by atoms with Crippen LogP contribution in [0.25, 0.3) is 22.2 Å². The highest BCUT2D eigenvalue weighted by atomic mass is 16.2. The van der Waals surface area contributed by atoms with Crippen LogP contribution in [-0.4, -0.2) is 36.9 Å². The normalized spacial score (nSPS) is 18.7. The molecule has 0 bridgehead atoms. The average Bonchev–Trinajstić information content (AvgIpc) is 3.25.